The summed E-state index contributed by atoms with van der Waals surface area (Å²) in [5.41, 5.74) is 5.56. The van der Waals surface area contributed by atoms with Gasteiger partial charge in [-0.25, -0.2) is 0 Å². The highest BCUT2D eigenvalue weighted by molar-refractivity contribution is 5.93. The van der Waals surface area contributed by atoms with Gasteiger partial charge in [-0.2, -0.15) is 0 Å². The van der Waals surface area contributed by atoms with Gasteiger partial charge >= 0.3 is 0 Å². The van der Waals surface area contributed by atoms with Crippen molar-refractivity contribution in [2.24, 2.45) is 5.73 Å². The molecule has 1 fully saturated rings. The first-order chi connectivity index (χ1) is 4.75. The summed E-state index contributed by atoms with van der Waals surface area (Å²) in [7, 11) is 0. The largest absolute Gasteiger partial charge is 0.368 e. The molecule has 3 nitrogen and oxygen atoms in total. The molecule has 0 spiro atoms. The van der Waals surface area contributed by atoms with Crippen molar-refractivity contribution in [1.29, 1.82) is 0 Å². The molecule has 1 aliphatic rings. The summed E-state index contributed by atoms with van der Waals surface area (Å²) in [6.07, 6.45) is 1.59. The van der Waals surface area contributed by atoms with Crippen LogP contribution in [0.1, 0.15) is 6.42 Å². The van der Waals surface area contributed by atoms with Crippen LogP contribution in [0.2, 0.25) is 0 Å². The second kappa shape index (κ2) is 2.94. The van der Waals surface area contributed by atoms with Crippen LogP contribution >= 0.6 is 0 Å². The number of rotatable bonds is 2. The van der Waals surface area contributed by atoms with E-state index in [1.165, 1.54) is 6.08 Å². The summed E-state index contributed by atoms with van der Waals surface area (Å²) in [6.45, 7) is 3.94. The van der Waals surface area contributed by atoms with Crippen LogP contribution < -0.4 is 5.73 Å². The lowest BCUT2D eigenvalue weighted by molar-refractivity contribution is -0.123. The second-order valence-corrected chi connectivity index (χ2v) is 2.35. The molecule has 0 aromatic rings. The van der Waals surface area contributed by atoms with E-state index >= 15 is 0 Å². The standard InChI is InChI=1S/C7H11NO2/c1-2-6(9)7-5(8)3-4-10-7/h2,5,7H,1,3-4,8H2/t5-,7+/m1/s1. The molecule has 2 atom stereocenters. The summed E-state index contributed by atoms with van der Waals surface area (Å²) in [6, 6.07) is -0.134. The lowest BCUT2D eigenvalue weighted by atomic mass is 10.1. The van der Waals surface area contributed by atoms with Crippen LogP contribution in [0.15, 0.2) is 12.7 Å². The van der Waals surface area contributed by atoms with E-state index in [9.17, 15) is 4.79 Å². The zero-order valence-corrected chi connectivity index (χ0v) is 5.75. The molecule has 3 heteroatoms. The van der Waals surface area contributed by atoms with Gasteiger partial charge in [-0.1, -0.05) is 6.58 Å². The van der Waals surface area contributed by atoms with Gasteiger partial charge in [-0.05, 0) is 12.5 Å². The average molecular weight is 141 g/mol. The number of hydrogen-bond donors (Lipinski definition) is 1. The zero-order valence-electron chi connectivity index (χ0n) is 5.75. The summed E-state index contributed by atoms with van der Waals surface area (Å²) < 4.78 is 5.07. The van der Waals surface area contributed by atoms with Crippen LogP contribution in [0, 0.1) is 0 Å². The third-order valence-electron chi connectivity index (χ3n) is 1.62. The average Bonchev–Trinajstić information content (AvgIpc) is 2.34. The summed E-state index contributed by atoms with van der Waals surface area (Å²) >= 11 is 0. The van der Waals surface area contributed by atoms with Gasteiger partial charge in [-0.3, -0.25) is 4.79 Å². The minimum absolute atomic E-state index is 0.106. The first-order valence-electron chi connectivity index (χ1n) is 3.29. The molecule has 0 bridgehead atoms. The van der Waals surface area contributed by atoms with E-state index in [1.54, 1.807) is 0 Å². The Kier molecular flexibility index (Phi) is 2.19. The van der Waals surface area contributed by atoms with Crippen molar-refractivity contribution in [2.75, 3.05) is 6.61 Å². The van der Waals surface area contributed by atoms with Crippen LogP contribution in [0.4, 0.5) is 0 Å². The van der Waals surface area contributed by atoms with Crippen molar-refractivity contribution in [1.82, 2.24) is 0 Å². The molecule has 0 aromatic carbocycles. The maximum atomic E-state index is 10.9. The Morgan fingerprint density at radius 1 is 1.80 bits per heavy atom. The lowest BCUT2D eigenvalue weighted by Gasteiger charge is -2.09. The Hall–Kier alpha value is -0.670. The number of hydrogen-bond acceptors (Lipinski definition) is 3. The molecule has 1 rings (SSSR count). The molecular weight excluding hydrogens is 130 g/mol. The number of carbonyl (C=O) groups is 1. The molecular formula is C7H11NO2. The Morgan fingerprint density at radius 3 is 2.90 bits per heavy atom. The maximum Gasteiger partial charge on any atom is 0.185 e. The van der Waals surface area contributed by atoms with E-state index in [-0.39, 0.29) is 11.8 Å². The minimum Gasteiger partial charge on any atom is -0.368 e. The van der Waals surface area contributed by atoms with E-state index in [0.717, 1.165) is 6.42 Å². The molecule has 0 aliphatic carbocycles. The van der Waals surface area contributed by atoms with Crippen molar-refractivity contribution >= 4 is 5.78 Å². The van der Waals surface area contributed by atoms with Gasteiger partial charge in [0.25, 0.3) is 0 Å². The van der Waals surface area contributed by atoms with E-state index in [4.69, 9.17) is 10.5 Å². The SMILES string of the molecule is C=CC(=O)[C@H]1OCC[C@H]1N. The molecule has 1 saturated heterocycles. The highest BCUT2D eigenvalue weighted by atomic mass is 16.5. The molecule has 1 aliphatic heterocycles. The fourth-order valence-corrected chi connectivity index (χ4v) is 1.02. The number of ether oxygens (including phenoxy) is 1. The quantitative estimate of drug-likeness (QED) is 0.544. The van der Waals surface area contributed by atoms with Gasteiger partial charge in [0.1, 0.15) is 6.10 Å². The van der Waals surface area contributed by atoms with E-state index in [1.807, 2.05) is 0 Å². The molecule has 0 amide bonds. The fourth-order valence-electron chi connectivity index (χ4n) is 1.02. The minimum atomic E-state index is -0.433. The maximum absolute atomic E-state index is 10.9. The van der Waals surface area contributed by atoms with E-state index in [0.29, 0.717) is 6.61 Å². The van der Waals surface area contributed by atoms with Gasteiger partial charge in [0.05, 0.1) is 0 Å². The summed E-state index contributed by atoms with van der Waals surface area (Å²) in [4.78, 5) is 10.9. The third-order valence-corrected chi connectivity index (χ3v) is 1.62. The molecule has 1 heterocycles. The number of ketones is 1. The van der Waals surface area contributed by atoms with Gasteiger partial charge in [0, 0.05) is 12.6 Å². The molecule has 2 N–H and O–H groups in total. The Labute approximate surface area is 59.8 Å². The molecule has 0 aromatic heterocycles. The Bertz CT molecular complexity index is 156. The van der Waals surface area contributed by atoms with Crippen molar-refractivity contribution < 1.29 is 9.53 Å². The third kappa shape index (κ3) is 1.25. The van der Waals surface area contributed by atoms with Gasteiger partial charge in [-0.15, -0.1) is 0 Å². The van der Waals surface area contributed by atoms with Crippen LogP contribution in [0.5, 0.6) is 0 Å². The number of nitrogens with two attached hydrogens (primary N) is 1. The number of carbonyl (C=O) groups excluding carboxylic acids is 1. The molecule has 0 unspecified atom stereocenters. The molecule has 0 saturated carbocycles. The van der Waals surface area contributed by atoms with Crippen molar-refractivity contribution in [3.8, 4) is 0 Å². The summed E-state index contributed by atoms with van der Waals surface area (Å²) in [5, 5.41) is 0. The predicted molar refractivity (Wildman–Crippen MR) is 37.5 cm³/mol. The smallest absolute Gasteiger partial charge is 0.185 e. The van der Waals surface area contributed by atoms with Gasteiger partial charge < -0.3 is 10.5 Å². The first-order valence-corrected chi connectivity index (χ1v) is 3.29. The molecule has 56 valence electrons. The van der Waals surface area contributed by atoms with E-state index in [2.05, 4.69) is 6.58 Å². The van der Waals surface area contributed by atoms with Crippen molar-refractivity contribution in [3.05, 3.63) is 12.7 Å². The summed E-state index contributed by atoms with van der Waals surface area (Å²) in [5.74, 6) is -0.106. The van der Waals surface area contributed by atoms with Gasteiger partial charge in [0.15, 0.2) is 5.78 Å². The molecule has 10 heavy (non-hydrogen) atoms. The van der Waals surface area contributed by atoms with Crippen LogP contribution in [-0.4, -0.2) is 24.5 Å². The second-order valence-electron chi connectivity index (χ2n) is 2.35. The van der Waals surface area contributed by atoms with Crippen LogP contribution in [0.3, 0.4) is 0 Å². The van der Waals surface area contributed by atoms with E-state index < -0.39 is 6.10 Å². The van der Waals surface area contributed by atoms with Crippen LogP contribution in [0.25, 0.3) is 0 Å². The Balaban J connectivity index is 2.54. The zero-order chi connectivity index (χ0) is 7.56. The van der Waals surface area contributed by atoms with Crippen molar-refractivity contribution in [3.63, 3.8) is 0 Å². The highest BCUT2D eigenvalue weighted by Gasteiger charge is 2.29. The lowest BCUT2D eigenvalue weighted by Crippen LogP contribution is -2.35. The van der Waals surface area contributed by atoms with Crippen LogP contribution in [-0.2, 0) is 9.53 Å². The first kappa shape index (κ1) is 7.44. The Morgan fingerprint density at radius 2 is 2.50 bits per heavy atom. The monoisotopic (exact) mass is 141 g/mol. The van der Waals surface area contributed by atoms with Gasteiger partial charge in [0.2, 0.25) is 0 Å². The highest BCUT2D eigenvalue weighted by Crippen LogP contribution is 2.11. The van der Waals surface area contributed by atoms with Crippen molar-refractivity contribution in [2.45, 2.75) is 18.6 Å². The normalized spacial score (nSPS) is 32.1. The molecule has 0 radical (unpaired) electrons. The topological polar surface area (TPSA) is 52.3 Å². The fraction of sp³-hybridized carbons (Fsp3) is 0.571. The predicted octanol–water partition coefficient (Wildman–Crippen LogP) is -0.142.